The summed E-state index contributed by atoms with van der Waals surface area (Å²) < 4.78 is 0. The van der Waals surface area contributed by atoms with Crippen molar-refractivity contribution in [3.05, 3.63) is 58.8 Å². The summed E-state index contributed by atoms with van der Waals surface area (Å²) in [5.74, 6) is 0.802. The topological polar surface area (TPSA) is 77.8 Å². The average molecular weight is 393 g/mol. The summed E-state index contributed by atoms with van der Waals surface area (Å²) in [5, 5.41) is 12.9. The minimum absolute atomic E-state index is 0.0472. The third-order valence-corrected chi connectivity index (χ3v) is 5.91. The molecule has 0 radical (unpaired) electrons. The average Bonchev–Trinajstić information content (AvgIpc) is 3.35. The maximum atomic E-state index is 12.4. The van der Waals surface area contributed by atoms with E-state index in [1.807, 2.05) is 43.3 Å². The highest BCUT2D eigenvalue weighted by Crippen LogP contribution is 2.30. The van der Waals surface area contributed by atoms with Crippen LogP contribution in [0.25, 0.3) is 0 Å². The molecule has 2 N–H and O–H groups in total. The lowest BCUT2D eigenvalue weighted by atomic mass is 10.0. The number of rotatable bonds is 6. The van der Waals surface area contributed by atoms with Crippen molar-refractivity contribution < 1.29 is 9.90 Å². The lowest BCUT2D eigenvalue weighted by molar-refractivity contribution is 0.0965. The molecule has 2 aromatic rings. The molecule has 1 aromatic heterocycles. The van der Waals surface area contributed by atoms with Gasteiger partial charge in [0, 0.05) is 24.7 Å². The van der Waals surface area contributed by atoms with Gasteiger partial charge in [0.1, 0.15) is 5.82 Å². The molecule has 1 fully saturated rings. The molecule has 6 nitrogen and oxygen atoms in total. The minimum Gasteiger partial charge on any atom is -0.394 e. The molecule has 0 unspecified atom stereocenters. The summed E-state index contributed by atoms with van der Waals surface area (Å²) in [4.78, 5) is 24.6. The number of aliphatic hydroxyl groups excluding tert-OH is 1. The summed E-state index contributed by atoms with van der Waals surface area (Å²) in [7, 11) is 0. The number of aliphatic imine (C=N–C) groups is 1. The zero-order valence-electron chi connectivity index (χ0n) is 17.1. The largest absolute Gasteiger partial charge is 0.394 e. The smallest absolute Gasteiger partial charge is 0.252 e. The first-order valence-corrected chi connectivity index (χ1v) is 10.4. The SMILES string of the molecule is CCC(=N[C@H](CO)c1ccccc1)c1nc(N2CCC[C@H]2C)cc2c1CNC2=O. The Labute approximate surface area is 171 Å². The van der Waals surface area contributed by atoms with Gasteiger partial charge in [0.15, 0.2) is 0 Å². The Morgan fingerprint density at radius 3 is 2.83 bits per heavy atom. The van der Waals surface area contributed by atoms with Crippen LogP contribution in [0, 0.1) is 0 Å². The molecule has 6 heteroatoms. The number of aliphatic hydroxyl groups is 1. The van der Waals surface area contributed by atoms with Crippen LogP contribution in [0.15, 0.2) is 41.4 Å². The van der Waals surface area contributed by atoms with Gasteiger partial charge < -0.3 is 15.3 Å². The van der Waals surface area contributed by atoms with E-state index in [9.17, 15) is 9.90 Å². The highest BCUT2D eigenvalue weighted by molar-refractivity contribution is 6.06. The van der Waals surface area contributed by atoms with E-state index in [1.54, 1.807) is 0 Å². The van der Waals surface area contributed by atoms with Gasteiger partial charge in [-0.25, -0.2) is 4.98 Å². The van der Waals surface area contributed by atoms with Crippen molar-refractivity contribution in [3.63, 3.8) is 0 Å². The number of pyridine rings is 1. The van der Waals surface area contributed by atoms with E-state index in [1.165, 1.54) is 0 Å². The standard InChI is InChI=1S/C23H28N4O2/c1-3-19(25-20(14-28)16-9-5-4-6-10-16)22-18-13-24-23(29)17(18)12-21(26-22)27-11-7-8-15(27)2/h4-6,9-10,12,15,20,28H,3,7-8,11,13-14H2,1-2H3,(H,24,29)/t15-,20-/m1/s1. The molecular weight excluding hydrogens is 364 g/mol. The molecule has 0 spiro atoms. The Balaban J connectivity index is 1.80. The summed E-state index contributed by atoms with van der Waals surface area (Å²) >= 11 is 0. The van der Waals surface area contributed by atoms with Crippen LogP contribution in [0.5, 0.6) is 0 Å². The summed E-state index contributed by atoms with van der Waals surface area (Å²) in [6, 6.07) is 11.8. The fourth-order valence-corrected chi connectivity index (χ4v) is 4.27. The number of nitrogens with zero attached hydrogens (tertiary/aromatic N) is 3. The van der Waals surface area contributed by atoms with Gasteiger partial charge in [-0.15, -0.1) is 0 Å². The summed E-state index contributed by atoms with van der Waals surface area (Å²) in [6.07, 6.45) is 2.95. The third-order valence-electron chi connectivity index (χ3n) is 5.91. The maximum absolute atomic E-state index is 12.4. The second kappa shape index (κ2) is 8.33. The van der Waals surface area contributed by atoms with Crippen molar-refractivity contribution in [1.82, 2.24) is 10.3 Å². The fourth-order valence-electron chi connectivity index (χ4n) is 4.27. The number of fused-ring (bicyclic) bond motifs is 1. The van der Waals surface area contributed by atoms with E-state index in [2.05, 4.69) is 17.1 Å². The number of carbonyl (C=O) groups excluding carboxylic acids is 1. The summed E-state index contributed by atoms with van der Waals surface area (Å²) in [6.45, 7) is 5.60. The molecular formula is C23H28N4O2. The van der Waals surface area contributed by atoms with Crippen LogP contribution in [-0.2, 0) is 6.54 Å². The van der Waals surface area contributed by atoms with E-state index >= 15 is 0 Å². The molecule has 0 aliphatic carbocycles. The number of carbonyl (C=O) groups is 1. The van der Waals surface area contributed by atoms with Crippen molar-refractivity contribution >= 4 is 17.4 Å². The van der Waals surface area contributed by atoms with Crippen LogP contribution < -0.4 is 10.2 Å². The highest BCUT2D eigenvalue weighted by Gasteiger charge is 2.29. The van der Waals surface area contributed by atoms with E-state index in [0.29, 0.717) is 24.6 Å². The zero-order valence-corrected chi connectivity index (χ0v) is 17.1. The van der Waals surface area contributed by atoms with Gasteiger partial charge >= 0.3 is 0 Å². The number of amides is 1. The van der Waals surface area contributed by atoms with Gasteiger partial charge in [-0.05, 0) is 37.8 Å². The molecule has 1 aromatic carbocycles. The predicted molar refractivity (Wildman–Crippen MR) is 115 cm³/mol. The van der Waals surface area contributed by atoms with Crippen LogP contribution in [0.1, 0.15) is 66.3 Å². The molecule has 1 amide bonds. The monoisotopic (exact) mass is 392 g/mol. The lowest BCUT2D eigenvalue weighted by Crippen LogP contribution is -2.28. The third kappa shape index (κ3) is 3.77. The number of nitrogens with one attached hydrogen (secondary N) is 1. The van der Waals surface area contributed by atoms with Crippen LogP contribution in [0.4, 0.5) is 5.82 Å². The Morgan fingerprint density at radius 2 is 2.17 bits per heavy atom. The van der Waals surface area contributed by atoms with E-state index in [0.717, 1.165) is 47.7 Å². The second-order valence-corrected chi connectivity index (χ2v) is 7.76. The van der Waals surface area contributed by atoms with Gasteiger partial charge in [-0.1, -0.05) is 37.3 Å². The van der Waals surface area contributed by atoms with Crippen LogP contribution in [0.2, 0.25) is 0 Å². The quantitative estimate of drug-likeness (QED) is 0.740. The van der Waals surface area contributed by atoms with E-state index < -0.39 is 0 Å². The summed E-state index contributed by atoms with van der Waals surface area (Å²) in [5.41, 5.74) is 4.19. The zero-order chi connectivity index (χ0) is 20.4. The number of hydrogen-bond donors (Lipinski definition) is 2. The number of benzene rings is 1. The van der Waals surface area contributed by atoms with Crippen LogP contribution in [0.3, 0.4) is 0 Å². The molecule has 2 aliphatic rings. The molecule has 2 atom stereocenters. The van der Waals surface area contributed by atoms with Crippen LogP contribution in [-0.4, -0.2) is 40.9 Å². The van der Waals surface area contributed by atoms with Gasteiger partial charge in [-0.2, -0.15) is 0 Å². The Bertz CT molecular complexity index is 926. The first kappa shape index (κ1) is 19.6. The van der Waals surface area contributed by atoms with Crippen molar-refractivity contribution in [3.8, 4) is 0 Å². The van der Waals surface area contributed by atoms with Gasteiger partial charge in [0.05, 0.1) is 29.6 Å². The van der Waals surface area contributed by atoms with Crippen LogP contribution >= 0.6 is 0 Å². The Morgan fingerprint density at radius 1 is 1.38 bits per heavy atom. The number of aromatic nitrogens is 1. The van der Waals surface area contributed by atoms with Gasteiger partial charge in [-0.3, -0.25) is 9.79 Å². The molecule has 2 aliphatic heterocycles. The highest BCUT2D eigenvalue weighted by atomic mass is 16.3. The number of hydrogen-bond acceptors (Lipinski definition) is 5. The second-order valence-electron chi connectivity index (χ2n) is 7.76. The first-order chi connectivity index (χ1) is 14.1. The van der Waals surface area contributed by atoms with Gasteiger partial charge in [0.2, 0.25) is 0 Å². The Kier molecular flexibility index (Phi) is 5.62. The normalized spacial score (nSPS) is 20.0. The molecule has 0 bridgehead atoms. The van der Waals surface area contributed by atoms with Gasteiger partial charge in [0.25, 0.3) is 5.91 Å². The molecule has 3 heterocycles. The maximum Gasteiger partial charge on any atom is 0.252 e. The molecule has 4 rings (SSSR count). The predicted octanol–water partition coefficient (Wildman–Crippen LogP) is 3.25. The van der Waals surface area contributed by atoms with Crippen molar-refractivity contribution in [2.24, 2.45) is 4.99 Å². The minimum atomic E-state index is -0.344. The number of anilines is 1. The van der Waals surface area contributed by atoms with Crippen molar-refractivity contribution in [2.75, 3.05) is 18.1 Å². The molecule has 1 saturated heterocycles. The first-order valence-electron chi connectivity index (χ1n) is 10.4. The van der Waals surface area contributed by atoms with Crippen molar-refractivity contribution in [1.29, 1.82) is 0 Å². The van der Waals surface area contributed by atoms with E-state index in [4.69, 9.17) is 9.98 Å². The molecule has 0 saturated carbocycles. The van der Waals surface area contributed by atoms with Crippen molar-refractivity contribution in [2.45, 2.75) is 51.7 Å². The lowest BCUT2D eigenvalue weighted by Gasteiger charge is -2.24. The molecule has 29 heavy (non-hydrogen) atoms. The molecule has 152 valence electrons. The van der Waals surface area contributed by atoms with E-state index in [-0.39, 0.29) is 18.6 Å². The Hall–Kier alpha value is -2.73. The fraction of sp³-hybridized carbons (Fsp3) is 0.435.